The molecule has 5 rings (SSSR count). The third-order valence-corrected chi connectivity index (χ3v) is 5.90. The summed E-state index contributed by atoms with van der Waals surface area (Å²) >= 11 is 0. The molecule has 3 aromatic heterocycles. The third kappa shape index (κ3) is 3.82. The summed E-state index contributed by atoms with van der Waals surface area (Å²) in [4.78, 5) is 13.8. The first kappa shape index (κ1) is 20.2. The van der Waals surface area contributed by atoms with E-state index in [9.17, 15) is 0 Å². The molecule has 0 aliphatic carbocycles. The van der Waals surface area contributed by atoms with Crippen molar-refractivity contribution in [3.05, 3.63) is 83.1 Å². The van der Waals surface area contributed by atoms with Gasteiger partial charge in [0, 0.05) is 18.7 Å². The van der Waals surface area contributed by atoms with Crippen molar-refractivity contribution in [1.82, 2.24) is 29.3 Å². The number of ether oxygens (including phenoxy) is 1. The van der Waals surface area contributed by atoms with Crippen LogP contribution in [-0.2, 0) is 6.54 Å². The summed E-state index contributed by atoms with van der Waals surface area (Å²) in [6.45, 7) is 5.03. The van der Waals surface area contributed by atoms with Crippen molar-refractivity contribution in [1.29, 1.82) is 0 Å². The van der Waals surface area contributed by atoms with Gasteiger partial charge in [-0.3, -0.25) is 0 Å². The third-order valence-electron chi connectivity index (χ3n) is 5.90. The Hall–Kier alpha value is -3.74. The first-order chi connectivity index (χ1) is 15.6. The highest BCUT2D eigenvalue weighted by Crippen LogP contribution is 2.33. The van der Waals surface area contributed by atoms with Crippen molar-refractivity contribution < 1.29 is 4.74 Å². The van der Waals surface area contributed by atoms with Crippen molar-refractivity contribution in [2.75, 3.05) is 7.11 Å². The Balaban J connectivity index is 1.42. The molecule has 0 amide bonds. The zero-order valence-corrected chi connectivity index (χ0v) is 18.6. The van der Waals surface area contributed by atoms with E-state index in [0.717, 1.165) is 42.3 Å². The number of pyridine rings is 1. The molecular weight excluding hydrogens is 400 g/mol. The molecular formula is C25H26N6O. The largest absolute Gasteiger partial charge is 0.479 e. The van der Waals surface area contributed by atoms with Crippen LogP contribution in [-0.4, -0.2) is 36.4 Å². The van der Waals surface area contributed by atoms with Gasteiger partial charge in [0.25, 0.3) is 0 Å². The molecule has 0 radical (unpaired) electrons. The lowest BCUT2D eigenvalue weighted by atomic mass is 9.88. The number of hydrogen-bond donors (Lipinski definition) is 0. The van der Waals surface area contributed by atoms with E-state index < -0.39 is 0 Å². The lowest BCUT2D eigenvalue weighted by Gasteiger charge is -2.23. The maximum atomic E-state index is 5.51. The number of aryl methyl sites for hydroxylation is 3. The summed E-state index contributed by atoms with van der Waals surface area (Å²) in [5.41, 5.74) is 5.21. The van der Waals surface area contributed by atoms with E-state index in [1.54, 1.807) is 13.4 Å². The highest BCUT2D eigenvalue weighted by atomic mass is 16.5. The molecule has 0 saturated carbocycles. The number of rotatable bonds is 5. The highest BCUT2D eigenvalue weighted by molar-refractivity contribution is 5.65. The van der Waals surface area contributed by atoms with Crippen molar-refractivity contribution >= 4 is 12.2 Å². The maximum Gasteiger partial charge on any atom is 0.238 e. The zero-order chi connectivity index (χ0) is 22.1. The summed E-state index contributed by atoms with van der Waals surface area (Å²) in [6, 6.07) is 12.5. The first-order valence-electron chi connectivity index (χ1n) is 10.9. The minimum atomic E-state index is 0.288. The van der Waals surface area contributed by atoms with Gasteiger partial charge in [-0.25, -0.2) is 19.6 Å². The van der Waals surface area contributed by atoms with Crippen LogP contribution in [0.3, 0.4) is 0 Å². The summed E-state index contributed by atoms with van der Waals surface area (Å²) in [6.07, 6.45) is 9.75. The van der Waals surface area contributed by atoms with Crippen LogP contribution in [0.5, 0.6) is 5.88 Å². The number of aromatic nitrogens is 6. The molecule has 7 nitrogen and oxygen atoms in total. The molecule has 1 aromatic carbocycles. The minimum absolute atomic E-state index is 0.288. The van der Waals surface area contributed by atoms with Gasteiger partial charge < -0.3 is 9.30 Å². The van der Waals surface area contributed by atoms with Gasteiger partial charge in [0.1, 0.15) is 11.5 Å². The lowest BCUT2D eigenvalue weighted by Crippen LogP contribution is -2.18. The van der Waals surface area contributed by atoms with Gasteiger partial charge in [-0.2, -0.15) is 5.10 Å². The standard InChI is InChI=1S/C25H26N6O/c1-17-7-4-5-8-20(17)21-9-6-14-31-24(21)28-23(29-31)13-11-19-10-12-22(25(27-19)32-3)30-15-18(2)26-16-30/h4-5,7-8,10-13,15-16,21H,6,9,14H2,1-3H3/b13-11+. The van der Waals surface area contributed by atoms with Crippen molar-refractivity contribution in [3.8, 4) is 11.6 Å². The van der Waals surface area contributed by atoms with Gasteiger partial charge in [-0.05, 0) is 62.1 Å². The highest BCUT2D eigenvalue weighted by Gasteiger charge is 2.26. The Labute approximate surface area is 187 Å². The monoisotopic (exact) mass is 426 g/mol. The molecule has 1 aliphatic rings. The first-order valence-corrected chi connectivity index (χ1v) is 10.9. The topological polar surface area (TPSA) is 70.7 Å². The van der Waals surface area contributed by atoms with Crippen LogP contribution in [0.2, 0.25) is 0 Å². The zero-order valence-electron chi connectivity index (χ0n) is 18.6. The van der Waals surface area contributed by atoms with Crippen LogP contribution in [0.1, 0.15) is 52.9 Å². The van der Waals surface area contributed by atoms with Crippen molar-refractivity contribution in [2.45, 2.75) is 39.2 Å². The van der Waals surface area contributed by atoms with Crippen LogP contribution in [0.4, 0.5) is 0 Å². The fourth-order valence-corrected chi connectivity index (χ4v) is 4.31. The van der Waals surface area contributed by atoms with Crippen LogP contribution in [0.25, 0.3) is 17.8 Å². The van der Waals surface area contributed by atoms with Crippen LogP contribution < -0.4 is 4.74 Å². The van der Waals surface area contributed by atoms with E-state index in [1.165, 1.54) is 11.1 Å². The molecule has 7 heteroatoms. The average Bonchev–Trinajstić information content (AvgIpc) is 3.43. The van der Waals surface area contributed by atoms with Crippen LogP contribution in [0.15, 0.2) is 48.9 Å². The smallest absolute Gasteiger partial charge is 0.238 e. The fourth-order valence-electron chi connectivity index (χ4n) is 4.31. The summed E-state index contributed by atoms with van der Waals surface area (Å²) in [5, 5.41) is 4.73. The van der Waals surface area contributed by atoms with E-state index in [4.69, 9.17) is 14.8 Å². The van der Waals surface area contributed by atoms with Crippen molar-refractivity contribution in [3.63, 3.8) is 0 Å². The number of benzene rings is 1. The minimum Gasteiger partial charge on any atom is -0.479 e. The molecule has 0 saturated heterocycles. The van der Waals surface area contributed by atoms with E-state index >= 15 is 0 Å². The Kier molecular flexibility index (Phi) is 5.31. The van der Waals surface area contributed by atoms with Gasteiger partial charge in [0.2, 0.25) is 5.88 Å². The molecule has 1 aliphatic heterocycles. The van der Waals surface area contributed by atoms with Crippen LogP contribution >= 0.6 is 0 Å². The van der Waals surface area contributed by atoms with E-state index in [1.807, 2.05) is 42.0 Å². The summed E-state index contributed by atoms with van der Waals surface area (Å²) < 4.78 is 9.48. The van der Waals surface area contributed by atoms with Gasteiger partial charge in [-0.15, -0.1) is 0 Å². The Morgan fingerprint density at radius 2 is 1.94 bits per heavy atom. The normalized spacial score (nSPS) is 15.8. The molecule has 162 valence electrons. The van der Waals surface area contributed by atoms with Gasteiger partial charge in [0.15, 0.2) is 5.82 Å². The molecule has 0 N–H and O–H groups in total. The number of imidazole rings is 1. The quantitative estimate of drug-likeness (QED) is 0.467. The van der Waals surface area contributed by atoms with Crippen LogP contribution in [0, 0.1) is 13.8 Å². The van der Waals surface area contributed by atoms with E-state index in [2.05, 4.69) is 45.8 Å². The second kappa shape index (κ2) is 8.42. The lowest BCUT2D eigenvalue weighted by molar-refractivity contribution is 0.395. The molecule has 4 heterocycles. The fraction of sp³-hybridized carbons (Fsp3) is 0.280. The summed E-state index contributed by atoms with van der Waals surface area (Å²) in [5.74, 6) is 2.58. The molecule has 0 fully saturated rings. The number of nitrogens with zero attached hydrogens (tertiary/aromatic N) is 6. The number of fused-ring (bicyclic) bond motifs is 1. The molecule has 0 bridgehead atoms. The molecule has 0 spiro atoms. The predicted molar refractivity (Wildman–Crippen MR) is 124 cm³/mol. The second-order valence-corrected chi connectivity index (χ2v) is 8.12. The molecule has 1 unspecified atom stereocenters. The SMILES string of the molecule is COc1nc(/C=C/c2nc3n(n2)CCCC3c2ccccc2C)ccc1-n1cnc(C)c1. The van der Waals surface area contributed by atoms with E-state index in [0.29, 0.717) is 11.7 Å². The molecule has 4 aromatic rings. The van der Waals surface area contributed by atoms with Gasteiger partial charge in [-0.1, -0.05) is 24.3 Å². The predicted octanol–water partition coefficient (Wildman–Crippen LogP) is 4.58. The van der Waals surface area contributed by atoms with Gasteiger partial charge in [0.05, 0.1) is 24.8 Å². The van der Waals surface area contributed by atoms with E-state index in [-0.39, 0.29) is 5.92 Å². The van der Waals surface area contributed by atoms with Crippen molar-refractivity contribution in [2.24, 2.45) is 0 Å². The van der Waals surface area contributed by atoms with Gasteiger partial charge >= 0.3 is 0 Å². The molecule has 1 atom stereocenters. The molecule has 32 heavy (non-hydrogen) atoms. The average molecular weight is 427 g/mol. The second-order valence-electron chi connectivity index (χ2n) is 8.12. The Morgan fingerprint density at radius 3 is 2.72 bits per heavy atom. The maximum absolute atomic E-state index is 5.51. The number of hydrogen-bond acceptors (Lipinski definition) is 5. The Morgan fingerprint density at radius 1 is 1.06 bits per heavy atom. The Bertz CT molecular complexity index is 1290. The summed E-state index contributed by atoms with van der Waals surface area (Å²) in [7, 11) is 1.62. The number of methoxy groups -OCH3 is 1.